The Morgan fingerprint density at radius 1 is 0.382 bits per heavy atom. The standard InChI is InChI=1S/C53H37NO/c1-53(2)48-19-8-7-15-47(48)50-42(16-10-20-49(50)53)36-22-27-39(28-23-36)54(41-31-21-34-11-3-4-13-38(34)33-41)40-29-24-37(25-30-40)44-17-9-18-45-46-32-26-35-12-5-6-14-43(35)52(46)55-51(44)45/h3-33H,1-2H3. The highest BCUT2D eigenvalue weighted by Crippen LogP contribution is 2.52. The van der Waals surface area contributed by atoms with Crippen LogP contribution in [0, 0.1) is 0 Å². The van der Waals surface area contributed by atoms with Gasteiger partial charge >= 0.3 is 0 Å². The van der Waals surface area contributed by atoms with Gasteiger partial charge in [0.2, 0.25) is 0 Å². The minimum absolute atomic E-state index is 0.0365. The van der Waals surface area contributed by atoms with Gasteiger partial charge in [-0.15, -0.1) is 0 Å². The summed E-state index contributed by atoms with van der Waals surface area (Å²) in [6.45, 7) is 4.69. The summed E-state index contributed by atoms with van der Waals surface area (Å²) in [7, 11) is 0. The van der Waals surface area contributed by atoms with Gasteiger partial charge in [0.15, 0.2) is 0 Å². The van der Waals surface area contributed by atoms with E-state index in [1.54, 1.807) is 0 Å². The summed E-state index contributed by atoms with van der Waals surface area (Å²) in [4.78, 5) is 2.36. The maximum Gasteiger partial charge on any atom is 0.143 e. The minimum atomic E-state index is -0.0365. The molecule has 0 bridgehead atoms. The molecule has 0 amide bonds. The van der Waals surface area contributed by atoms with Crippen molar-refractivity contribution in [3.63, 3.8) is 0 Å². The lowest BCUT2D eigenvalue weighted by atomic mass is 9.82. The molecular formula is C53H37NO. The molecule has 1 aliphatic rings. The number of furan rings is 1. The molecule has 0 atom stereocenters. The van der Waals surface area contributed by atoms with Gasteiger partial charge in [0, 0.05) is 44.2 Å². The van der Waals surface area contributed by atoms with Crippen LogP contribution in [0.2, 0.25) is 0 Å². The first-order valence-electron chi connectivity index (χ1n) is 19.1. The van der Waals surface area contributed by atoms with E-state index in [0.29, 0.717) is 0 Å². The van der Waals surface area contributed by atoms with E-state index >= 15 is 0 Å². The summed E-state index contributed by atoms with van der Waals surface area (Å²) < 4.78 is 6.70. The topological polar surface area (TPSA) is 16.4 Å². The second-order valence-corrected chi connectivity index (χ2v) is 15.3. The van der Waals surface area contributed by atoms with Crippen LogP contribution < -0.4 is 4.90 Å². The van der Waals surface area contributed by atoms with Crippen molar-refractivity contribution in [1.82, 2.24) is 0 Å². The van der Waals surface area contributed by atoms with E-state index in [0.717, 1.165) is 55.5 Å². The smallest absolute Gasteiger partial charge is 0.143 e. The molecule has 1 aromatic heterocycles. The third-order valence-corrected chi connectivity index (χ3v) is 11.9. The highest BCUT2D eigenvalue weighted by Gasteiger charge is 2.36. The lowest BCUT2D eigenvalue weighted by Gasteiger charge is -2.26. The Bertz CT molecular complexity index is 3110. The third-order valence-electron chi connectivity index (χ3n) is 11.9. The zero-order valence-electron chi connectivity index (χ0n) is 30.8. The number of hydrogen-bond donors (Lipinski definition) is 0. The lowest BCUT2D eigenvalue weighted by molar-refractivity contribution is 0.660. The van der Waals surface area contributed by atoms with E-state index in [2.05, 4.69) is 207 Å². The third kappa shape index (κ3) is 4.88. The first-order valence-corrected chi connectivity index (χ1v) is 19.1. The first kappa shape index (κ1) is 31.6. The molecule has 260 valence electrons. The van der Waals surface area contributed by atoms with Crippen LogP contribution in [0.25, 0.3) is 76.9 Å². The molecule has 2 nitrogen and oxygen atoms in total. The summed E-state index contributed by atoms with van der Waals surface area (Å²) in [6, 6.07) is 68.3. The van der Waals surface area contributed by atoms with Gasteiger partial charge in [0.25, 0.3) is 0 Å². The summed E-state index contributed by atoms with van der Waals surface area (Å²) >= 11 is 0. The van der Waals surface area contributed by atoms with Crippen LogP contribution in [0.1, 0.15) is 25.0 Å². The zero-order chi connectivity index (χ0) is 36.7. The Kier molecular flexibility index (Phi) is 6.93. The van der Waals surface area contributed by atoms with Gasteiger partial charge < -0.3 is 9.32 Å². The molecule has 2 heteroatoms. The second-order valence-electron chi connectivity index (χ2n) is 15.3. The number of fused-ring (bicyclic) bond motifs is 9. The molecule has 11 rings (SSSR count). The van der Waals surface area contributed by atoms with Crippen molar-refractivity contribution in [3.8, 4) is 33.4 Å². The van der Waals surface area contributed by atoms with Gasteiger partial charge in [-0.05, 0) is 97.6 Å². The van der Waals surface area contributed by atoms with Crippen molar-refractivity contribution < 1.29 is 4.42 Å². The first-order chi connectivity index (χ1) is 27.0. The van der Waals surface area contributed by atoms with Crippen LogP contribution in [-0.4, -0.2) is 0 Å². The highest BCUT2D eigenvalue weighted by molar-refractivity contribution is 6.17. The number of benzene rings is 9. The number of rotatable bonds is 5. The van der Waals surface area contributed by atoms with E-state index in [1.165, 1.54) is 49.5 Å². The fraction of sp³-hybridized carbons (Fsp3) is 0.0566. The molecule has 0 spiro atoms. The van der Waals surface area contributed by atoms with Crippen LogP contribution >= 0.6 is 0 Å². The maximum absolute atomic E-state index is 6.70. The van der Waals surface area contributed by atoms with Gasteiger partial charge in [-0.2, -0.15) is 0 Å². The number of hydrogen-bond acceptors (Lipinski definition) is 2. The van der Waals surface area contributed by atoms with Crippen molar-refractivity contribution in [2.75, 3.05) is 4.90 Å². The molecule has 0 aliphatic heterocycles. The average Bonchev–Trinajstić information content (AvgIpc) is 3.74. The average molecular weight is 704 g/mol. The van der Waals surface area contributed by atoms with Gasteiger partial charge in [0.1, 0.15) is 11.2 Å². The van der Waals surface area contributed by atoms with Gasteiger partial charge in [-0.1, -0.05) is 159 Å². The molecule has 0 saturated carbocycles. The second kappa shape index (κ2) is 12.1. The molecule has 0 unspecified atom stereocenters. The molecule has 55 heavy (non-hydrogen) atoms. The monoisotopic (exact) mass is 703 g/mol. The highest BCUT2D eigenvalue weighted by atomic mass is 16.3. The maximum atomic E-state index is 6.70. The number of anilines is 3. The molecule has 1 heterocycles. The molecule has 1 aliphatic carbocycles. The van der Waals surface area contributed by atoms with Crippen LogP contribution in [0.5, 0.6) is 0 Å². The SMILES string of the molecule is CC1(C)c2ccccc2-c2c(-c3ccc(N(c4ccc(-c5cccc6c5oc5c7ccccc7ccc65)cc4)c4ccc5ccccc5c4)cc3)cccc21. The van der Waals surface area contributed by atoms with E-state index in [4.69, 9.17) is 4.42 Å². The quantitative estimate of drug-likeness (QED) is 0.177. The molecular weight excluding hydrogens is 667 g/mol. The number of para-hydroxylation sites is 1. The van der Waals surface area contributed by atoms with Gasteiger partial charge in [-0.25, -0.2) is 0 Å². The normalized spacial score (nSPS) is 13.1. The largest absolute Gasteiger partial charge is 0.455 e. The Morgan fingerprint density at radius 2 is 0.927 bits per heavy atom. The molecule has 0 fully saturated rings. The van der Waals surface area contributed by atoms with Gasteiger partial charge in [0.05, 0.1) is 0 Å². The molecule has 0 N–H and O–H groups in total. The van der Waals surface area contributed by atoms with Crippen LogP contribution in [0.3, 0.4) is 0 Å². The van der Waals surface area contributed by atoms with Crippen molar-refractivity contribution in [1.29, 1.82) is 0 Å². The van der Waals surface area contributed by atoms with Crippen molar-refractivity contribution >= 4 is 60.5 Å². The summed E-state index contributed by atoms with van der Waals surface area (Å²) in [6.07, 6.45) is 0. The van der Waals surface area contributed by atoms with E-state index in [9.17, 15) is 0 Å². The van der Waals surface area contributed by atoms with Gasteiger partial charge in [-0.3, -0.25) is 0 Å². The van der Waals surface area contributed by atoms with Crippen molar-refractivity contribution in [2.24, 2.45) is 0 Å². The molecule has 0 saturated heterocycles. The Morgan fingerprint density at radius 3 is 1.73 bits per heavy atom. The molecule has 10 aromatic rings. The summed E-state index contributed by atoms with van der Waals surface area (Å²) in [5.74, 6) is 0. The summed E-state index contributed by atoms with van der Waals surface area (Å²) in [5.41, 5.74) is 15.3. The predicted octanol–water partition coefficient (Wildman–Crippen LogP) is 15.0. The van der Waals surface area contributed by atoms with Crippen LogP contribution in [-0.2, 0) is 5.41 Å². The Labute approximate surface area is 320 Å². The van der Waals surface area contributed by atoms with Crippen molar-refractivity contribution in [3.05, 3.63) is 199 Å². The van der Waals surface area contributed by atoms with Crippen LogP contribution in [0.15, 0.2) is 192 Å². The molecule has 0 radical (unpaired) electrons. The fourth-order valence-corrected chi connectivity index (χ4v) is 9.09. The lowest BCUT2D eigenvalue weighted by Crippen LogP contribution is -2.14. The zero-order valence-corrected chi connectivity index (χ0v) is 30.8. The van der Waals surface area contributed by atoms with Crippen LogP contribution in [0.4, 0.5) is 17.1 Å². The molecule has 9 aromatic carbocycles. The van der Waals surface area contributed by atoms with E-state index < -0.39 is 0 Å². The Hall–Kier alpha value is -6.90. The van der Waals surface area contributed by atoms with Crippen molar-refractivity contribution in [2.45, 2.75) is 19.3 Å². The number of nitrogens with zero attached hydrogens (tertiary/aromatic N) is 1. The predicted molar refractivity (Wildman–Crippen MR) is 232 cm³/mol. The Balaban J connectivity index is 1.02. The summed E-state index contributed by atoms with van der Waals surface area (Å²) in [5, 5.41) is 7.04. The van der Waals surface area contributed by atoms with E-state index in [-0.39, 0.29) is 5.41 Å². The fourth-order valence-electron chi connectivity index (χ4n) is 9.09. The van der Waals surface area contributed by atoms with E-state index in [1.807, 2.05) is 0 Å². The minimum Gasteiger partial charge on any atom is -0.455 e.